The summed E-state index contributed by atoms with van der Waals surface area (Å²) in [7, 11) is 1.67. The molecule has 1 aliphatic carbocycles. The molecule has 0 aliphatic heterocycles. The molecule has 0 spiro atoms. The number of nitrogens with one attached hydrogen (secondary N) is 2. The Hall–Kier alpha value is -0.930. The van der Waals surface area contributed by atoms with Crippen molar-refractivity contribution in [2.24, 2.45) is 4.99 Å². The average Bonchev–Trinajstić information content (AvgIpc) is 3.05. The third kappa shape index (κ3) is 4.57. The van der Waals surface area contributed by atoms with Gasteiger partial charge >= 0.3 is 6.55 Å². The summed E-state index contributed by atoms with van der Waals surface area (Å²) >= 11 is 0. The first-order valence-electron chi connectivity index (χ1n) is 6.47. The molecular weight excluding hydrogens is 379 g/mol. The van der Waals surface area contributed by atoms with Crippen LogP contribution >= 0.6 is 24.0 Å². The second kappa shape index (κ2) is 8.38. The normalized spacial score (nSPS) is 16.3. The summed E-state index contributed by atoms with van der Waals surface area (Å²) in [5.74, 6) is 0.931. The van der Waals surface area contributed by atoms with E-state index in [0.29, 0.717) is 17.8 Å². The van der Waals surface area contributed by atoms with Gasteiger partial charge in [-0.1, -0.05) is 12.8 Å². The van der Waals surface area contributed by atoms with Gasteiger partial charge in [0.15, 0.2) is 5.96 Å². The lowest BCUT2D eigenvalue weighted by molar-refractivity contribution is 0.0668. The third-order valence-corrected chi connectivity index (χ3v) is 3.29. The van der Waals surface area contributed by atoms with Crippen molar-refractivity contribution < 1.29 is 8.78 Å². The van der Waals surface area contributed by atoms with Gasteiger partial charge in [0.05, 0.1) is 6.54 Å². The SMILES string of the molecule is CN=C(NCc1nccn1C(F)F)NC1CCCC1.I. The Kier molecular flexibility index (Phi) is 7.17. The van der Waals surface area contributed by atoms with Crippen LogP contribution in [0.25, 0.3) is 0 Å². The maximum absolute atomic E-state index is 12.6. The Labute approximate surface area is 134 Å². The van der Waals surface area contributed by atoms with E-state index in [2.05, 4.69) is 20.6 Å². The van der Waals surface area contributed by atoms with Crippen LogP contribution < -0.4 is 10.6 Å². The monoisotopic (exact) mass is 399 g/mol. The minimum Gasteiger partial charge on any atom is -0.354 e. The van der Waals surface area contributed by atoms with E-state index in [1.54, 1.807) is 7.05 Å². The van der Waals surface area contributed by atoms with E-state index in [-0.39, 0.29) is 30.5 Å². The van der Waals surface area contributed by atoms with Crippen LogP contribution in [0, 0.1) is 0 Å². The molecule has 0 atom stereocenters. The number of aromatic nitrogens is 2. The number of imidazole rings is 1. The molecule has 1 aromatic rings. The van der Waals surface area contributed by atoms with Crippen molar-refractivity contribution in [3.8, 4) is 0 Å². The van der Waals surface area contributed by atoms with E-state index in [0.717, 1.165) is 17.4 Å². The number of aliphatic imine (C=N–C) groups is 1. The Bertz CT molecular complexity index is 429. The van der Waals surface area contributed by atoms with Crippen molar-refractivity contribution >= 4 is 29.9 Å². The lowest BCUT2D eigenvalue weighted by Gasteiger charge is -2.17. The zero-order valence-electron chi connectivity index (χ0n) is 11.4. The molecule has 114 valence electrons. The number of guanidine groups is 1. The smallest absolute Gasteiger partial charge is 0.319 e. The molecule has 0 aromatic carbocycles. The van der Waals surface area contributed by atoms with Crippen molar-refractivity contribution in [3.05, 3.63) is 18.2 Å². The predicted molar refractivity (Wildman–Crippen MR) is 84.5 cm³/mol. The van der Waals surface area contributed by atoms with E-state index >= 15 is 0 Å². The largest absolute Gasteiger partial charge is 0.354 e. The van der Waals surface area contributed by atoms with Crippen LogP contribution in [0.15, 0.2) is 17.4 Å². The second-order valence-corrected chi connectivity index (χ2v) is 4.58. The number of nitrogens with zero attached hydrogens (tertiary/aromatic N) is 3. The van der Waals surface area contributed by atoms with Gasteiger partial charge in [0.1, 0.15) is 5.82 Å². The molecule has 1 aromatic heterocycles. The molecule has 5 nitrogen and oxygen atoms in total. The molecule has 1 heterocycles. The van der Waals surface area contributed by atoms with Crippen molar-refractivity contribution in [2.75, 3.05) is 7.05 Å². The first-order valence-corrected chi connectivity index (χ1v) is 6.47. The minimum absolute atomic E-state index is 0. The fourth-order valence-corrected chi connectivity index (χ4v) is 2.28. The Morgan fingerprint density at radius 2 is 2.20 bits per heavy atom. The number of hydrogen-bond donors (Lipinski definition) is 2. The van der Waals surface area contributed by atoms with Crippen LogP contribution in [0.4, 0.5) is 8.78 Å². The zero-order valence-corrected chi connectivity index (χ0v) is 13.7. The molecule has 0 amide bonds. The van der Waals surface area contributed by atoms with Gasteiger partial charge in [-0.05, 0) is 12.8 Å². The summed E-state index contributed by atoms with van der Waals surface area (Å²) in [5.41, 5.74) is 0. The molecule has 1 saturated carbocycles. The van der Waals surface area contributed by atoms with Gasteiger partial charge in [-0.25, -0.2) is 4.98 Å². The molecule has 0 radical (unpaired) electrons. The Morgan fingerprint density at radius 1 is 1.50 bits per heavy atom. The maximum atomic E-state index is 12.6. The molecular formula is C12H20F2IN5. The Morgan fingerprint density at radius 3 is 2.80 bits per heavy atom. The van der Waals surface area contributed by atoms with Gasteiger partial charge in [-0.2, -0.15) is 8.78 Å². The molecule has 2 N–H and O–H groups in total. The van der Waals surface area contributed by atoms with Gasteiger partial charge in [0, 0.05) is 25.5 Å². The highest BCUT2D eigenvalue weighted by atomic mass is 127. The highest BCUT2D eigenvalue weighted by Crippen LogP contribution is 2.17. The van der Waals surface area contributed by atoms with Crippen LogP contribution in [0.2, 0.25) is 0 Å². The van der Waals surface area contributed by atoms with Crippen LogP contribution in [-0.4, -0.2) is 28.6 Å². The lowest BCUT2D eigenvalue weighted by atomic mass is 10.2. The summed E-state index contributed by atoms with van der Waals surface area (Å²) in [6.07, 6.45) is 7.36. The van der Waals surface area contributed by atoms with Crippen molar-refractivity contribution in [2.45, 2.75) is 44.8 Å². The molecule has 0 unspecified atom stereocenters. The number of halogens is 3. The third-order valence-electron chi connectivity index (χ3n) is 3.29. The summed E-state index contributed by atoms with van der Waals surface area (Å²) in [6, 6.07) is 0.432. The molecule has 0 bridgehead atoms. The predicted octanol–water partition coefficient (Wildman–Crippen LogP) is 2.50. The summed E-state index contributed by atoms with van der Waals surface area (Å²) < 4.78 is 26.1. The van der Waals surface area contributed by atoms with Crippen LogP contribution in [0.5, 0.6) is 0 Å². The number of alkyl halides is 2. The van der Waals surface area contributed by atoms with Gasteiger partial charge in [-0.15, -0.1) is 24.0 Å². The quantitative estimate of drug-likeness (QED) is 0.465. The fourth-order valence-electron chi connectivity index (χ4n) is 2.28. The van der Waals surface area contributed by atoms with Crippen molar-refractivity contribution in [3.63, 3.8) is 0 Å². The van der Waals surface area contributed by atoms with E-state index in [1.165, 1.54) is 25.2 Å². The molecule has 1 fully saturated rings. The topological polar surface area (TPSA) is 54.2 Å². The van der Waals surface area contributed by atoms with E-state index in [9.17, 15) is 8.78 Å². The van der Waals surface area contributed by atoms with Crippen molar-refractivity contribution in [1.82, 2.24) is 20.2 Å². The second-order valence-electron chi connectivity index (χ2n) is 4.58. The molecule has 1 aliphatic rings. The molecule has 20 heavy (non-hydrogen) atoms. The maximum Gasteiger partial charge on any atom is 0.319 e. The van der Waals surface area contributed by atoms with E-state index < -0.39 is 6.55 Å². The molecule has 8 heteroatoms. The average molecular weight is 399 g/mol. The van der Waals surface area contributed by atoms with Gasteiger partial charge in [-0.3, -0.25) is 9.56 Å². The first-order chi connectivity index (χ1) is 9.20. The van der Waals surface area contributed by atoms with E-state index in [1.807, 2.05) is 0 Å². The highest BCUT2D eigenvalue weighted by molar-refractivity contribution is 14.0. The number of hydrogen-bond acceptors (Lipinski definition) is 2. The zero-order chi connectivity index (χ0) is 13.7. The minimum atomic E-state index is -2.57. The highest BCUT2D eigenvalue weighted by Gasteiger charge is 2.16. The molecule has 2 rings (SSSR count). The number of rotatable bonds is 4. The fraction of sp³-hybridized carbons (Fsp3) is 0.667. The van der Waals surface area contributed by atoms with Gasteiger partial charge in [0.2, 0.25) is 0 Å². The summed E-state index contributed by atoms with van der Waals surface area (Å²) in [5, 5.41) is 6.31. The summed E-state index contributed by atoms with van der Waals surface area (Å²) in [6.45, 7) is -2.34. The lowest BCUT2D eigenvalue weighted by Crippen LogP contribution is -2.42. The first kappa shape index (κ1) is 17.1. The van der Waals surface area contributed by atoms with Crippen LogP contribution in [0.1, 0.15) is 38.1 Å². The van der Waals surface area contributed by atoms with Crippen LogP contribution in [-0.2, 0) is 6.54 Å². The van der Waals surface area contributed by atoms with Crippen LogP contribution in [0.3, 0.4) is 0 Å². The standard InChI is InChI=1S/C12H19F2N5.HI/c1-15-12(18-9-4-2-3-5-9)17-8-10-16-6-7-19(10)11(13)14;/h6-7,9,11H,2-5,8H2,1H3,(H2,15,17,18);1H. The molecule has 0 saturated heterocycles. The van der Waals surface area contributed by atoms with Gasteiger partial charge in [0.25, 0.3) is 0 Å². The van der Waals surface area contributed by atoms with E-state index in [4.69, 9.17) is 0 Å². The Balaban J connectivity index is 0.00000200. The van der Waals surface area contributed by atoms with Crippen molar-refractivity contribution in [1.29, 1.82) is 0 Å². The van der Waals surface area contributed by atoms with Gasteiger partial charge < -0.3 is 10.6 Å². The summed E-state index contributed by atoms with van der Waals surface area (Å²) in [4.78, 5) is 8.01.